The van der Waals surface area contributed by atoms with E-state index in [1.165, 1.54) is 17.0 Å². The van der Waals surface area contributed by atoms with Gasteiger partial charge in [-0.05, 0) is 47.5 Å². The number of hydrogen-bond donors (Lipinski definition) is 1. The first-order valence-corrected chi connectivity index (χ1v) is 9.25. The second-order valence-corrected chi connectivity index (χ2v) is 7.22. The highest BCUT2D eigenvalue weighted by atomic mass is 79.9. The van der Waals surface area contributed by atoms with E-state index in [0.717, 1.165) is 15.1 Å². The number of benzene rings is 1. The minimum absolute atomic E-state index is 1.05. The average molecular weight is 421 g/mol. The zero-order valence-corrected chi connectivity index (χ0v) is 15.4. The maximum Gasteiger partial charge on any atom is 0.387 e. The predicted molar refractivity (Wildman–Crippen MR) is 80.1 cm³/mol. The number of hydrogen-bond acceptors (Lipinski definition) is 6. The maximum absolute atomic E-state index is 8.60. The number of rotatable bonds is 1. The quantitative estimate of drug-likeness (QED) is 0.549. The Labute approximate surface area is 147 Å². The molecule has 0 saturated carbocycles. The van der Waals surface area contributed by atoms with Gasteiger partial charge in [-0.2, -0.15) is 18.4 Å². The van der Waals surface area contributed by atoms with Gasteiger partial charge in [0.25, 0.3) is 0 Å². The van der Waals surface area contributed by atoms with Gasteiger partial charge < -0.3 is 0 Å². The number of thiazole rings is 1. The summed E-state index contributed by atoms with van der Waals surface area (Å²) in [5, 5.41) is 2.16. The fraction of sp³-hybridized carbons (Fsp3) is 0.143. The Bertz CT molecular complexity index is 812. The molecule has 0 saturated heterocycles. The number of halogens is 2. The van der Waals surface area contributed by atoms with Crippen molar-refractivity contribution in [2.75, 3.05) is 0 Å². The lowest BCUT2D eigenvalue weighted by Gasteiger charge is -2.03. The van der Waals surface area contributed by atoms with Gasteiger partial charge in [0.05, 0.1) is 14.9 Å². The molecule has 6 nitrogen and oxygen atoms in total. The summed E-state index contributed by atoms with van der Waals surface area (Å²) in [4.78, 5) is 5.62. The van der Waals surface area contributed by atoms with Gasteiger partial charge in [0.2, 0.25) is 0 Å². The molecular weight excluding hydrogens is 408 g/mol. The van der Waals surface area contributed by atoms with Crippen LogP contribution in [-0.2, 0) is 0 Å². The molecule has 1 N–H and O–H groups in total. The maximum atomic E-state index is 8.60. The highest BCUT2D eigenvalue weighted by Gasteiger charge is 2.17. The van der Waals surface area contributed by atoms with E-state index in [2.05, 4.69) is 68.0 Å². The van der Waals surface area contributed by atoms with Crippen LogP contribution in [0.15, 0.2) is 40.2 Å². The smallest absolute Gasteiger partial charge is 0.183 e. The summed E-state index contributed by atoms with van der Waals surface area (Å²) in [6.07, 6.45) is 0. The first-order chi connectivity index (χ1) is 10.6. The van der Waals surface area contributed by atoms with Crippen LogP contribution in [0.4, 0.5) is 0 Å². The van der Waals surface area contributed by atoms with E-state index in [1.54, 1.807) is 11.3 Å². The first-order valence-electron chi connectivity index (χ1n) is 6.32. The molecule has 122 valence electrons. The normalized spacial score (nSPS) is 11.3. The molecule has 2 aromatic heterocycles. The van der Waals surface area contributed by atoms with Crippen LogP contribution in [0.3, 0.4) is 0 Å². The van der Waals surface area contributed by atoms with Gasteiger partial charge in [-0.3, -0.25) is 0 Å². The van der Waals surface area contributed by atoms with Crippen molar-refractivity contribution in [3.05, 3.63) is 51.6 Å². The summed E-state index contributed by atoms with van der Waals surface area (Å²) in [7, 11) is -4.69. The zero-order chi connectivity index (χ0) is 17.2. The Morgan fingerprint density at radius 3 is 2.30 bits per heavy atom. The van der Waals surface area contributed by atoms with Crippen LogP contribution < -0.4 is 18.4 Å². The molecule has 0 amide bonds. The lowest BCUT2D eigenvalue weighted by Crippen LogP contribution is -2.58. The third-order valence-electron chi connectivity index (χ3n) is 2.89. The fourth-order valence-electron chi connectivity index (χ4n) is 2.10. The second-order valence-electron chi connectivity index (χ2n) is 4.68. The Morgan fingerprint density at radius 2 is 1.74 bits per heavy atom. The van der Waals surface area contributed by atoms with Gasteiger partial charge >= 0.3 is 4.96 Å². The monoisotopic (exact) mass is 419 g/mol. The van der Waals surface area contributed by atoms with Crippen LogP contribution >= 0.6 is 27.3 Å². The first kappa shape index (κ1) is 18.2. The topological polar surface area (TPSA) is 106 Å². The molecular formula is C14H13BrClN2O4S+. The molecule has 0 radical (unpaired) electrons. The van der Waals surface area contributed by atoms with Gasteiger partial charge in [-0.15, -0.1) is 0 Å². The van der Waals surface area contributed by atoms with Crippen LogP contribution in [0.5, 0.6) is 0 Å². The standard InChI is InChI=1S/C14H12BrN2S.ClHO4/c1-9-7-10(2)17-13(8-18-14(17)16-9)11-3-5-12(15)6-4-11;2-1(3,4)5/h3-8H,1-2H3;(H,2,3,4,5)/q+1;. The van der Waals surface area contributed by atoms with Crippen molar-refractivity contribution in [2.45, 2.75) is 13.8 Å². The molecule has 23 heavy (non-hydrogen) atoms. The Hall–Kier alpha value is -1.13. The SMILES string of the molecule is Cc1cc(C)[n+]2c(-c3ccc(Br)cc3)csc2n1.[O-][Cl+3]([O-])([O-])O. The number of fused-ring (bicyclic) bond motifs is 1. The lowest BCUT2D eigenvalue weighted by atomic mass is 10.2. The van der Waals surface area contributed by atoms with Gasteiger partial charge in [0.15, 0.2) is 11.4 Å². The molecule has 0 atom stereocenters. The minimum Gasteiger partial charge on any atom is -0.183 e. The van der Waals surface area contributed by atoms with Crippen LogP contribution in [0, 0.1) is 24.1 Å². The predicted octanol–water partition coefficient (Wildman–Crippen LogP) is -0.196. The highest BCUT2D eigenvalue weighted by molar-refractivity contribution is 9.10. The number of nitrogens with zero attached hydrogens (tertiary/aromatic N) is 2. The number of aryl methyl sites for hydroxylation is 2. The summed E-state index contributed by atoms with van der Waals surface area (Å²) in [5.41, 5.74) is 4.70. The molecule has 0 aliphatic rings. The van der Waals surface area contributed by atoms with Gasteiger partial charge in [0.1, 0.15) is 5.69 Å². The van der Waals surface area contributed by atoms with E-state index in [0.29, 0.717) is 0 Å². The molecule has 2 heterocycles. The summed E-state index contributed by atoms with van der Waals surface area (Å²) in [6.45, 7) is 4.16. The van der Waals surface area contributed by atoms with E-state index in [-0.39, 0.29) is 0 Å². The third-order valence-corrected chi connectivity index (χ3v) is 4.25. The van der Waals surface area contributed by atoms with Crippen molar-refractivity contribution < 1.29 is 33.3 Å². The van der Waals surface area contributed by atoms with Crippen molar-refractivity contribution in [2.24, 2.45) is 0 Å². The fourth-order valence-corrected chi connectivity index (χ4v) is 3.37. The van der Waals surface area contributed by atoms with Crippen molar-refractivity contribution in [1.82, 2.24) is 4.98 Å². The zero-order valence-electron chi connectivity index (χ0n) is 12.2. The lowest BCUT2D eigenvalue weighted by molar-refractivity contribution is -1.92. The van der Waals surface area contributed by atoms with E-state index in [9.17, 15) is 0 Å². The molecule has 0 aliphatic carbocycles. The molecule has 0 spiro atoms. The van der Waals surface area contributed by atoms with E-state index >= 15 is 0 Å². The summed E-state index contributed by atoms with van der Waals surface area (Å²) in [5.74, 6) is 0. The van der Waals surface area contributed by atoms with Gasteiger partial charge in [-0.25, -0.2) is 0 Å². The Balaban J connectivity index is 0.000000338. The van der Waals surface area contributed by atoms with E-state index in [1.807, 2.05) is 6.92 Å². The van der Waals surface area contributed by atoms with E-state index in [4.69, 9.17) is 18.6 Å². The van der Waals surface area contributed by atoms with Crippen LogP contribution in [-0.4, -0.2) is 9.64 Å². The molecule has 3 aromatic rings. The van der Waals surface area contributed by atoms with Crippen molar-refractivity contribution in [3.63, 3.8) is 0 Å². The molecule has 0 aliphatic heterocycles. The van der Waals surface area contributed by atoms with Crippen molar-refractivity contribution >= 4 is 32.2 Å². The molecule has 0 unspecified atom stereocenters. The summed E-state index contributed by atoms with van der Waals surface area (Å²) >= 11 is 5.15. The van der Waals surface area contributed by atoms with E-state index < -0.39 is 10.2 Å². The average Bonchev–Trinajstić information content (AvgIpc) is 2.81. The van der Waals surface area contributed by atoms with Gasteiger partial charge in [-0.1, -0.05) is 15.9 Å². The molecule has 3 rings (SSSR count). The Kier molecular flexibility index (Phi) is 5.69. The van der Waals surface area contributed by atoms with Crippen LogP contribution in [0.25, 0.3) is 16.2 Å². The highest BCUT2D eigenvalue weighted by Crippen LogP contribution is 2.22. The Morgan fingerprint density at radius 1 is 1.17 bits per heavy atom. The molecule has 9 heteroatoms. The van der Waals surface area contributed by atoms with Crippen molar-refractivity contribution in [3.8, 4) is 11.3 Å². The second kappa shape index (κ2) is 7.18. The van der Waals surface area contributed by atoms with Crippen LogP contribution in [0.2, 0.25) is 0 Å². The summed E-state index contributed by atoms with van der Waals surface area (Å²) in [6, 6.07) is 10.5. The molecule has 1 aromatic carbocycles. The van der Waals surface area contributed by atoms with Crippen molar-refractivity contribution in [1.29, 1.82) is 0 Å². The largest absolute Gasteiger partial charge is 0.387 e. The molecule has 0 bridgehead atoms. The molecule has 0 fully saturated rings. The van der Waals surface area contributed by atoms with Crippen LogP contribution in [0.1, 0.15) is 11.4 Å². The third kappa shape index (κ3) is 5.18. The summed E-state index contributed by atoms with van der Waals surface area (Å²) < 4.78 is 36.0. The van der Waals surface area contributed by atoms with Gasteiger partial charge in [0, 0.05) is 28.4 Å². The number of aromatic nitrogens is 2. The minimum atomic E-state index is -4.69.